The first kappa shape index (κ1) is 22.4. The van der Waals surface area contributed by atoms with Crippen molar-refractivity contribution in [2.75, 3.05) is 0 Å². The van der Waals surface area contributed by atoms with Gasteiger partial charge in [-0.1, -0.05) is 22.3 Å². The molecular weight excluding hydrogens is 144 g/mol. The van der Waals surface area contributed by atoms with Gasteiger partial charge in [0.1, 0.15) is 6.10 Å². The monoisotopic (exact) mass is 166 g/mol. The smallest absolute Gasteiger partial charge is 0.160 e. The zero-order valence-electron chi connectivity index (χ0n) is 4.96. The van der Waals surface area contributed by atoms with E-state index in [9.17, 15) is 4.79 Å². The van der Waals surface area contributed by atoms with Gasteiger partial charge in [-0.2, -0.15) is 0 Å². The molecule has 2 N–H and O–H groups in total. The molecule has 0 aromatic carbocycles. The van der Waals surface area contributed by atoms with E-state index < -0.39 is 18.0 Å². The number of hydrogen-bond acceptors (Lipinski definition) is 3. The van der Waals surface area contributed by atoms with Gasteiger partial charge in [0.25, 0.3) is 0 Å². The molecule has 0 aliphatic carbocycles. The summed E-state index contributed by atoms with van der Waals surface area (Å²) in [5, 5.41) is 17.1. The molecule has 0 bridgehead atoms. The summed E-state index contributed by atoms with van der Waals surface area (Å²) in [4.78, 5) is 10.2. The molecule has 0 amide bonds. The van der Waals surface area contributed by atoms with E-state index in [2.05, 4.69) is 0 Å². The molecule has 2 atom stereocenters. The first-order chi connectivity index (χ1) is 3.55. The molecule has 2 unspecified atom stereocenters. The van der Waals surface area contributed by atoms with Crippen LogP contribution in [0.4, 0.5) is 0 Å². The third-order valence-corrected chi connectivity index (χ3v) is 0.873. The summed E-state index contributed by atoms with van der Waals surface area (Å²) in [7, 11) is 0. The number of ketones is 1. The van der Waals surface area contributed by atoms with Crippen LogP contribution in [-0.4, -0.2) is 28.2 Å². The minimum Gasteiger partial charge on any atom is -0.390 e. The lowest BCUT2D eigenvalue weighted by Crippen LogP contribution is -2.29. The molecule has 0 radical (unpaired) electrons. The second-order valence-electron chi connectivity index (χ2n) is 1.80. The number of carbonyl (C=O) groups excluding carboxylic acids is 1. The Labute approximate surface area is 70.1 Å². The lowest BCUT2D eigenvalue weighted by atomic mass is 10.2. The average Bonchev–Trinajstić information content (AvgIpc) is 1.64. The van der Waals surface area contributed by atoms with Crippen LogP contribution in [0.15, 0.2) is 0 Å². The molecule has 72 valence electrons. The van der Waals surface area contributed by atoms with Gasteiger partial charge in [-0.05, 0) is 13.8 Å². The Morgan fingerprint density at radius 3 is 1.45 bits per heavy atom. The normalized spacial score (nSPS) is 12.7. The Morgan fingerprint density at radius 1 is 1.18 bits per heavy atom. The van der Waals surface area contributed by atoms with E-state index in [-0.39, 0.29) is 22.3 Å². The highest BCUT2D eigenvalue weighted by Gasteiger charge is 2.14. The van der Waals surface area contributed by atoms with Crippen molar-refractivity contribution in [1.82, 2.24) is 0 Å². The molecule has 0 fully saturated rings. The lowest BCUT2D eigenvalue weighted by molar-refractivity contribution is -0.129. The Kier molecular flexibility index (Phi) is 19.6. The molecular formula is C8H22O3. The number of aliphatic hydroxyl groups is 2. The Bertz CT molecular complexity index is 89.3. The highest BCUT2D eigenvalue weighted by atomic mass is 16.3. The van der Waals surface area contributed by atoms with Crippen LogP contribution in [-0.2, 0) is 4.79 Å². The largest absolute Gasteiger partial charge is 0.390 e. The maximum atomic E-state index is 10.2. The van der Waals surface area contributed by atoms with Crippen molar-refractivity contribution in [2.24, 2.45) is 0 Å². The van der Waals surface area contributed by atoms with Crippen LogP contribution in [0.5, 0.6) is 0 Å². The first-order valence-corrected chi connectivity index (χ1v) is 2.42. The van der Waals surface area contributed by atoms with Gasteiger partial charge in [0, 0.05) is 0 Å². The molecule has 0 aromatic rings. The van der Waals surface area contributed by atoms with Crippen molar-refractivity contribution < 1.29 is 15.0 Å². The molecule has 0 aliphatic rings. The summed E-state index contributed by atoms with van der Waals surface area (Å²) in [6, 6.07) is 0. The highest BCUT2D eigenvalue weighted by molar-refractivity contribution is 5.80. The number of hydrogen-bond donors (Lipinski definition) is 2. The average molecular weight is 166 g/mol. The number of rotatable bonds is 2. The van der Waals surface area contributed by atoms with E-state index in [1.807, 2.05) is 0 Å². The van der Waals surface area contributed by atoms with Crippen LogP contribution in [0.2, 0.25) is 0 Å². The number of Topliss-reactive ketones (excluding diaryl/α,β-unsaturated/α-hetero) is 1. The minimum atomic E-state index is -1.21. The van der Waals surface area contributed by atoms with Gasteiger partial charge in [-0.3, -0.25) is 4.79 Å². The first-order valence-electron chi connectivity index (χ1n) is 2.42. The standard InChI is InChI=1S/C5H10O3.3CH4/c1-3(6)5(8)4(2)7;;;/h3,5-6,8H,1-2H3;3*1H4. The summed E-state index contributed by atoms with van der Waals surface area (Å²) < 4.78 is 0. The molecule has 0 spiro atoms. The Morgan fingerprint density at radius 2 is 1.45 bits per heavy atom. The predicted molar refractivity (Wildman–Crippen MR) is 48.6 cm³/mol. The van der Waals surface area contributed by atoms with Gasteiger partial charge in [0.05, 0.1) is 6.10 Å². The molecule has 0 aliphatic heterocycles. The summed E-state index contributed by atoms with van der Waals surface area (Å²) in [6.07, 6.45) is -2.16. The molecule has 0 heterocycles. The van der Waals surface area contributed by atoms with Crippen molar-refractivity contribution in [3.05, 3.63) is 0 Å². The molecule has 0 aromatic heterocycles. The maximum Gasteiger partial charge on any atom is 0.160 e. The SMILES string of the molecule is C.C.C.CC(=O)C(O)C(C)O. The Hall–Kier alpha value is -0.410. The van der Waals surface area contributed by atoms with Crippen LogP contribution < -0.4 is 0 Å². The van der Waals surface area contributed by atoms with E-state index in [1.165, 1.54) is 13.8 Å². The van der Waals surface area contributed by atoms with Crippen molar-refractivity contribution in [1.29, 1.82) is 0 Å². The molecule has 3 heteroatoms. The van der Waals surface area contributed by atoms with Crippen molar-refractivity contribution >= 4 is 5.78 Å². The minimum absolute atomic E-state index is 0. The topological polar surface area (TPSA) is 57.5 Å². The highest BCUT2D eigenvalue weighted by Crippen LogP contribution is 1.91. The predicted octanol–water partition coefficient (Wildman–Crippen LogP) is 1.23. The fourth-order valence-corrected chi connectivity index (χ4v) is 0.340. The summed E-state index contributed by atoms with van der Waals surface area (Å²) >= 11 is 0. The van der Waals surface area contributed by atoms with Crippen LogP contribution in [0, 0.1) is 0 Å². The van der Waals surface area contributed by atoms with Crippen LogP contribution in [0.1, 0.15) is 36.1 Å². The summed E-state index contributed by atoms with van der Waals surface area (Å²) in [5.74, 6) is -0.403. The van der Waals surface area contributed by atoms with Crippen molar-refractivity contribution in [2.45, 2.75) is 48.3 Å². The second kappa shape index (κ2) is 9.59. The van der Waals surface area contributed by atoms with E-state index >= 15 is 0 Å². The Balaban J connectivity index is -0.0000000817. The molecule has 0 saturated heterocycles. The summed E-state index contributed by atoms with van der Waals surface area (Å²) in [5.41, 5.74) is 0. The van der Waals surface area contributed by atoms with Gasteiger partial charge in [0.2, 0.25) is 0 Å². The second-order valence-corrected chi connectivity index (χ2v) is 1.80. The van der Waals surface area contributed by atoms with E-state index in [1.54, 1.807) is 0 Å². The fourth-order valence-electron chi connectivity index (χ4n) is 0.340. The van der Waals surface area contributed by atoms with E-state index in [0.29, 0.717) is 0 Å². The molecule has 11 heavy (non-hydrogen) atoms. The van der Waals surface area contributed by atoms with Gasteiger partial charge in [-0.25, -0.2) is 0 Å². The number of aliphatic hydroxyl groups excluding tert-OH is 2. The van der Waals surface area contributed by atoms with Gasteiger partial charge >= 0.3 is 0 Å². The van der Waals surface area contributed by atoms with E-state index in [4.69, 9.17) is 10.2 Å². The quantitative estimate of drug-likeness (QED) is 0.648. The lowest BCUT2D eigenvalue weighted by Gasteiger charge is -2.07. The third kappa shape index (κ3) is 9.59. The van der Waals surface area contributed by atoms with Crippen LogP contribution in [0.3, 0.4) is 0 Å². The fraction of sp³-hybridized carbons (Fsp3) is 0.875. The van der Waals surface area contributed by atoms with Gasteiger partial charge < -0.3 is 10.2 Å². The van der Waals surface area contributed by atoms with Crippen LogP contribution in [0.25, 0.3) is 0 Å². The molecule has 0 rings (SSSR count). The van der Waals surface area contributed by atoms with Gasteiger partial charge in [0.15, 0.2) is 5.78 Å². The van der Waals surface area contributed by atoms with Crippen LogP contribution >= 0.6 is 0 Å². The summed E-state index contributed by atoms with van der Waals surface area (Å²) in [6.45, 7) is 2.60. The molecule has 3 nitrogen and oxygen atoms in total. The zero-order valence-corrected chi connectivity index (χ0v) is 4.96. The molecule has 0 saturated carbocycles. The van der Waals surface area contributed by atoms with Crippen molar-refractivity contribution in [3.63, 3.8) is 0 Å². The zero-order chi connectivity index (χ0) is 6.73. The van der Waals surface area contributed by atoms with Gasteiger partial charge in [-0.15, -0.1) is 0 Å². The number of carbonyl (C=O) groups is 1. The maximum absolute atomic E-state index is 10.2. The van der Waals surface area contributed by atoms with E-state index in [0.717, 1.165) is 0 Å². The third-order valence-electron chi connectivity index (χ3n) is 0.873. The van der Waals surface area contributed by atoms with Crippen molar-refractivity contribution in [3.8, 4) is 0 Å².